The monoisotopic (exact) mass is 220 g/mol. The maximum Gasteiger partial charge on any atom is 0.510 e. The lowest BCUT2D eigenvalue weighted by Gasteiger charge is -1.97. The predicted octanol–water partition coefficient (Wildman–Crippen LogP) is -1.35. The van der Waals surface area contributed by atoms with Crippen molar-refractivity contribution in [1.82, 2.24) is 19.6 Å². The van der Waals surface area contributed by atoms with Crippen molar-refractivity contribution in [2.75, 3.05) is 0 Å². The molecule has 0 saturated carbocycles. The highest BCUT2D eigenvalue weighted by Gasteiger charge is 2.14. The molecule has 6 nitrogen and oxygen atoms in total. The summed E-state index contributed by atoms with van der Waals surface area (Å²) in [6, 6.07) is 3.54. The van der Waals surface area contributed by atoms with Crippen LogP contribution in [0.15, 0.2) is 18.3 Å². The molecule has 0 spiro atoms. The molecule has 0 aliphatic heterocycles. The van der Waals surface area contributed by atoms with Crippen molar-refractivity contribution < 1.29 is 10.0 Å². The van der Waals surface area contributed by atoms with Gasteiger partial charge in [0.1, 0.15) is 0 Å². The summed E-state index contributed by atoms with van der Waals surface area (Å²) in [5.74, 6) is 0. The molecule has 16 heavy (non-hydrogen) atoms. The Bertz CT molecular complexity index is 472. The van der Waals surface area contributed by atoms with E-state index in [4.69, 9.17) is 10.0 Å². The molecule has 84 valence electrons. The molecule has 0 aliphatic carbocycles. The van der Waals surface area contributed by atoms with E-state index in [9.17, 15) is 0 Å². The molecular formula is C9H13BN4O2. The van der Waals surface area contributed by atoms with Crippen LogP contribution in [-0.4, -0.2) is 36.7 Å². The summed E-state index contributed by atoms with van der Waals surface area (Å²) in [6.07, 6.45) is 1.69. The normalized spacial score (nSPS) is 10.8. The van der Waals surface area contributed by atoms with Crippen LogP contribution in [0.5, 0.6) is 0 Å². The van der Waals surface area contributed by atoms with Gasteiger partial charge in [0.25, 0.3) is 0 Å². The fraction of sp³-hybridized carbons (Fsp3) is 0.333. The SMILES string of the molecule is Cc1cc(Cn2ccc(B(O)O)n2)nn1C. The highest BCUT2D eigenvalue weighted by atomic mass is 16.4. The summed E-state index contributed by atoms with van der Waals surface area (Å²) < 4.78 is 3.41. The average Bonchev–Trinajstić information content (AvgIpc) is 2.76. The van der Waals surface area contributed by atoms with Crippen LogP contribution in [0.25, 0.3) is 0 Å². The van der Waals surface area contributed by atoms with Gasteiger partial charge in [-0.1, -0.05) is 0 Å². The number of hydrogen-bond donors (Lipinski definition) is 2. The Labute approximate surface area is 93.3 Å². The zero-order chi connectivity index (χ0) is 11.7. The van der Waals surface area contributed by atoms with E-state index in [1.807, 2.05) is 20.0 Å². The summed E-state index contributed by atoms with van der Waals surface area (Å²) >= 11 is 0. The van der Waals surface area contributed by atoms with Gasteiger partial charge in [0.05, 0.1) is 17.8 Å². The van der Waals surface area contributed by atoms with Crippen molar-refractivity contribution in [3.8, 4) is 0 Å². The first kappa shape index (κ1) is 10.9. The molecule has 0 atom stereocenters. The first-order valence-corrected chi connectivity index (χ1v) is 4.95. The lowest BCUT2D eigenvalue weighted by molar-refractivity contribution is 0.423. The average molecular weight is 220 g/mol. The molecule has 0 saturated heterocycles. The van der Waals surface area contributed by atoms with Crippen LogP contribution >= 0.6 is 0 Å². The van der Waals surface area contributed by atoms with Crippen molar-refractivity contribution in [3.05, 3.63) is 29.7 Å². The van der Waals surface area contributed by atoms with E-state index in [-0.39, 0.29) is 5.59 Å². The van der Waals surface area contributed by atoms with Gasteiger partial charge in [0, 0.05) is 18.9 Å². The van der Waals surface area contributed by atoms with Gasteiger partial charge < -0.3 is 10.0 Å². The van der Waals surface area contributed by atoms with Crippen molar-refractivity contribution in [2.24, 2.45) is 7.05 Å². The van der Waals surface area contributed by atoms with Gasteiger partial charge in [-0.3, -0.25) is 9.36 Å². The van der Waals surface area contributed by atoms with E-state index >= 15 is 0 Å². The molecule has 0 aliphatic rings. The van der Waals surface area contributed by atoms with Crippen molar-refractivity contribution in [2.45, 2.75) is 13.5 Å². The highest BCUT2D eigenvalue weighted by molar-refractivity contribution is 6.57. The Morgan fingerprint density at radius 2 is 2.12 bits per heavy atom. The Balaban J connectivity index is 2.14. The van der Waals surface area contributed by atoms with Crippen molar-refractivity contribution in [1.29, 1.82) is 0 Å². The van der Waals surface area contributed by atoms with E-state index in [0.29, 0.717) is 6.54 Å². The molecule has 2 aromatic rings. The van der Waals surface area contributed by atoms with Crippen LogP contribution in [0.3, 0.4) is 0 Å². The topological polar surface area (TPSA) is 76.1 Å². The molecule has 7 heteroatoms. The molecular weight excluding hydrogens is 207 g/mol. The summed E-state index contributed by atoms with van der Waals surface area (Å²) in [4.78, 5) is 0. The third kappa shape index (κ3) is 2.15. The lowest BCUT2D eigenvalue weighted by atomic mass is 9.87. The molecule has 2 heterocycles. The van der Waals surface area contributed by atoms with Gasteiger partial charge in [-0.2, -0.15) is 10.2 Å². The zero-order valence-electron chi connectivity index (χ0n) is 9.20. The summed E-state index contributed by atoms with van der Waals surface area (Å²) in [6.45, 7) is 2.50. The Kier molecular flexibility index (Phi) is 2.80. The van der Waals surface area contributed by atoms with Crippen LogP contribution < -0.4 is 5.59 Å². The van der Waals surface area contributed by atoms with Crippen LogP contribution in [0, 0.1) is 6.92 Å². The van der Waals surface area contributed by atoms with Crippen LogP contribution in [0.1, 0.15) is 11.4 Å². The standard InChI is InChI=1S/C9H13BN4O2/c1-7-5-8(11-13(7)2)6-14-4-3-9(12-14)10(15)16/h3-5,15-16H,6H2,1-2H3. The highest BCUT2D eigenvalue weighted by Crippen LogP contribution is 2.02. The first-order valence-electron chi connectivity index (χ1n) is 4.95. The van der Waals surface area contributed by atoms with Crippen LogP contribution in [0.4, 0.5) is 0 Å². The molecule has 0 radical (unpaired) electrons. The number of nitrogens with zero attached hydrogens (tertiary/aromatic N) is 4. The minimum atomic E-state index is -1.52. The first-order chi connectivity index (χ1) is 7.56. The third-order valence-corrected chi connectivity index (χ3v) is 2.41. The van der Waals surface area contributed by atoms with Crippen molar-refractivity contribution >= 4 is 12.7 Å². The maximum atomic E-state index is 8.91. The third-order valence-electron chi connectivity index (χ3n) is 2.41. The van der Waals surface area contributed by atoms with Gasteiger partial charge in [0.15, 0.2) is 0 Å². The molecule has 0 aromatic carbocycles. The molecule has 0 amide bonds. The second-order valence-electron chi connectivity index (χ2n) is 3.71. The minimum Gasteiger partial charge on any atom is -0.422 e. The maximum absolute atomic E-state index is 8.91. The van der Waals surface area contributed by atoms with Crippen molar-refractivity contribution in [3.63, 3.8) is 0 Å². The van der Waals surface area contributed by atoms with E-state index in [1.54, 1.807) is 21.6 Å². The van der Waals surface area contributed by atoms with E-state index in [2.05, 4.69) is 10.2 Å². The number of aryl methyl sites for hydroxylation is 2. The summed E-state index contributed by atoms with van der Waals surface area (Å²) in [5.41, 5.74) is 2.21. The summed E-state index contributed by atoms with van der Waals surface area (Å²) in [5, 5.41) is 26.1. The van der Waals surface area contributed by atoms with Gasteiger partial charge in [-0.25, -0.2) is 0 Å². The van der Waals surface area contributed by atoms with Crippen LogP contribution in [-0.2, 0) is 13.6 Å². The van der Waals surface area contributed by atoms with E-state index in [1.165, 1.54) is 0 Å². The fourth-order valence-electron chi connectivity index (χ4n) is 1.48. The number of aromatic nitrogens is 4. The molecule has 2 N–H and O–H groups in total. The van der Waals surface area contributed by atoms with Crippen LogP contribution in [0.2, 0.25) is 0 Å². The second-order valence-corrected chi connectivity index (χ2v) is 3.71. The lowest BCUT2D eigenvalue weighted by Crippen LogP contribution is -2.31. The Morgan fingerprint density at radius 3 is 2.62 bits per heavy atom. The molecule has 2 rings (SSSR count). The molecule has 2 aromatic heterocycles. The van der Waals surface area contributed by atoms with Gasteiger partial charge >= 0.3 is 7.12 Å². The molecule has 0 unspecified atom stereocenters. The Morgan fingerprint density at radius 1 is 1.38 bits per heavy atom. The number of rotatable bonds is 3. The quantitative estimate of drug-likeness (QED) is 0.627. The second kappa shape index (κ2) is 4.11. The van der Waals surface area contributed by atoms with Gasteiger partial charge in [-0.05, 0) is 19.1 Å². The largest absolute Gasteiger partial charge is 0.510 e. The van der Waals surface area contributed by atoms with Gasteiger partial charge in [-0.15, -0.1) is 0 Å². The Hall–Kier alpha value is -1.60. The van der Waals surface area contributed by atoms with Gasteiger partial charge in [0.2, 0.25) is 0 Å². The fourth-order valence-corrected chi connectivity index (χ4v) is 1.48. The molecule has 0 fully saturated rings. The van der Waals surface area contributed by atoms with E-state index < -0.39 is 7.12 Å². The summed E-state index contributed by atoms with van der Waals surface area (Å²) in [7, 11) is 0.358. The zero-order valence-corrected chi connectivity index (χ0v) is 9.20. The molecule has 0 bridgehead atoms. The predicted molar refractivity (Wildman–Crippen MR) is 59.1 cm³/mol. The minimum absolute atomic E-state index is 0.243. The smallest absolute Gasteiger partial charge is 0.422 e. The van der Waals surface area contributed by atoms with E-state index in [0.717, 1.165) is 11.4 Å². The number of hydrogen-bond acceptors (Lipinski definition) is 4.